The van der Waals surface area contributed by atoms with Gasteiger partial charge in [-0.1, -0.05) is 115 Å². The molecular formula is C50H51N5O8. The third kappa shape index (κ3) is 9.23. The van der Waals surface area contributed by atoms with Crippen LogP contribution in [0.3, 0.4) is 0 Å². The third-order valence-corrected chi connectivity index (χ3v) is 12.7. The molecule has 4 aliphatic heterocycles. The molecule has 13 heteroatoms. The number of hydrogen-bond donors (Lipinski definition) is 3. The van der Waals surface area contributed by atoms with Gasteiger partial charge in [-0.25, -0.2) is 4.79 Å². The van der Waals surface area contributed by atoms with Crippen molar-refractivity contribution in [1.82, 2.24) is 20.4 Å². The molecule has 0 radical (unpaired) electrons. The molecule has 4 aliphatic rings. The van der Waals surface area contributed by atoms with E-state index in [0.717, 1.165) is 57.7 Å². The van der Waals surface area contributed by atoms with Crippen LogP contribution in [0.15, 0.2) is 133 Å². The molecule has 1 unspecified atom stereocenters. The number of amides is 4. The van der Waals surface area contributed by atoms with Crippen LogP contribution in [0.25, 0.3) is 11.1 Å². The topological polar surface area (TPSA) is 150 Å². The predicted octanol–water partition coefficient (Wildman–Crippen LogP) is 6.37. The number of nitrogens with zero attached hydrogens (tertiary/aromatic N) is 3. The molecule has 0 aliphatic carbocycles. The highest BCUT2D eigenvalue weighted by molar-refractivity contribution is 6.06. The van der Waals surface area contributed by atoms with E-state index in [9.17, 15) is 24.3 Å². The number of nitrogens with one attached hydrogen (secondary N) is 2. The third-order valence-electron chi connectivity index (χ3n) is 12.7. The molecule has 9 rings (SSSR count). The van der Waals surface area contributed by atoms with Crippen LogP contribution >= 0.6 is 0 Å². The van der Waals surface area contributed by atoms with E-state index >= 15 is 0 Å². The Morgan fingerprint density at radius 1 is 0.778 bits per heavy atom. The van der Waals surface area contributed by atoms with Gasteiger partial charge in [0.2, 0.25) is 11.8 Å². The Morgan fingerprint density at radius 3 is 2.21 bits per heavy atom. The molecule has 4 saturated heterocycles. The Labute approximate surface area is 366 Å². The predicted molar refractivity (Wildman–Crippen MR) is 234 cm³/mol. The van der Waals surface area contributed by atoms with Gasteiger partial charge in [-0.2, -0.15) is 0 Å². The number of likely N-dealkylation sites (tertiary alicyclic amines) is 2. The van der Waals surface area contributed by atoms with Gasteiger partial charge in [0.05, 0.1) is 38.4 Å². The number of carbonyl (C=O) groups is 4. The van der Waals surface area contributed by atoms with Crippen LogP contribution in [-0.2, 0) is 48.4 Å². The maximum Gasteiger partial charge on any atom is 0.408 e. The first kappa shape index (κ1) is 41.9. The van der Waals surface area contributed by atoms with Gasteiger partial charge in [-0.15, -0.1) is 0 Å². The lowest BCUT2D eigenvalue weighted by atomic mass is 9.85. The van der Waals surface area contributed by atoms with Gasteiger partial charge < -0.3 is 39.8 Å². The van der Waals surface area contributed by atoms with Crippen molar-refractivity contribution < 1.29 is 38.5 Å². The van der Waals surface area contributed by atoms with E-state index in [1.54, 1.807) is 0 Å². The molecule has 324 valence electrons. The van der Waals surface area contributed by atoms with Crippen LogP contribution in [0, 0.1) is 0 Å². The number of aliphatic hydroxyl groups excluding tert-OH is 1. The van der Waals surface area contributed by atoms with E-state index in [4.69, 9.17) is 14.2 Å². The number of aliphatic hydroxyl groups is 1. The second-order valence-electron chi connectivity index (χ2n) is 16.7. The quantitative estimate of drug-likeness (QED) is 0.121. The normalized spacial score (nSPS) is 22.3. The molecule has 5 aromatic rings. The van der Waals surface area contributed by atoms with E-state index in [1.165, 1.54) is 4.90 Å². The van der Waals surface area contributed by atoms with Crippen LogP contribution in [0.5, 0.6) is 0 Å². The number of ether oxygens (including phenoxy) is 3. The zero-order valence-corrected chi connectivity index (χ0v) is 34.9. The average Bonchev–Trinajstić information content (AvgIpc) is 3.78. The fraction of sp³-hybridized carbons (Fsp3) is 0.320. The Hall–Kier alpha value is -6.38. The van der Waals surface area contributed by atoms with Crippen molar-refractivity contribution in [3.63, 3.8) is 0 Å². The standard InChI is InChI=1S/C50H51N5O8/c56-31-34-14-16-38(17-15-34)44-27-42(30-53-24-22-50(23-25-53)48(59)51-33-55(50)41-12-5-2-6-13-41)62-47(63-44)39-20-18-37(19-21-39)40-11-7-10-36(26-40)29-54-45(57)28-43(46(54)58)52-49(60)61-32-35-8-3-1-4-9-35/h1-21,26,42-44,47,56H,22-25,27-33H2,(H,51,59)(H,52,60)/t42-,43?,44+,47+/m1/s1. The van der Waals surface area contributed by atoms with Gasteiger partial charge in [-0.05, 0) is 64.4 Å². The Kier molecular flexibility index (Phi) is 12.3. The number of anilines is 1. The van der Waals surface area contributed by atoms with E-state index in [1.807, 2.05) is 121 Å². The smallest absolute Gasteiger partial charge is 0.408 e. The number of piperidine rings is 1. The van der Waals surface area contributed by atoms with E-state index in [2.05, 4.69) is 32.6 Å². The van der Waals surface area contributed by atoms with Crippen LogP contribution < -0.4 is 15.5 Å². The minimum absolute atomic E-state index is 0.0358. The van der Waals surface area contributed by atoms with Crippen molar-refractivity contribution in [1.29, 1.82) is 0 Å². The number of alkyl carbamates (subject to hydrolysis) is 1. The lowest BCUT2D eigenvalue weighted by Crippen LogP contribution is -2.57. The number of hydrogen-bond acceptors (Lipinski definition) is 10. The van der Waals surface area contributed by atoms with Crippen LogP contribution in [-0.4, -0.2) is 82.7 Å². The molecule has 13 nitrogen and oxygen atoms in total. The second-order valence-corrected chi connectivity index (χ2v) is 16.7. The van der Waals surface area contributed by atoms with Crippen LogP contribution in [0.2, 0.25) is 0 Å². The number of carbonyl (C=O) groups excluding carboxylic acids is 4. The minimum atomic E-state index is -0.988. The highest BCUT2D eigenvalue weighted by atomic mass is 16.7. The number of benzene rings is 5. The molecule has 0 aromatic heterocycles. The van der Waals surface area contributed by atoms with Gasteiger partial charge in [-0.3, -0.25) is 19.3 Å². The average molecular weight is 850 g/mol. The summed E-state index contributed by atoms with van der Waals surface area (Å²) in [5.74, 6) is -0.745. The fourth-order valence-electron chi connectivity index (χ4n) is 9.19. The Morgan fingerprint density at radius 2 is 1.48 bits per heavy atom. The molecule has 4 heterocycles. The Balaban J connectivity index is 0.851. The van der Waals surface area contributed by atoms with E-state index in [-0.39, 0.29) is 50.2 Å². The molecule has 1 spiro atoms. The molecule has 4 fully saturated rings. The maximum absolute atomic E-state index is 13.3. The molecule has 4 amide bonds. The second kappa shape index (κ2) is 18.5. The summed E-state index contributed by atoms with van der Waals surface area (Å²) in [6.07, 6.45) is 0.158. The first-order valence-electron chi connectivity index (χ1n) is 21.6. The summed E-state index contributed by atoms with van der Waals surface area (Å²) in [5, 5.41) is 15.3. The van der Waals surface area contributed by atoms with Gasteiger partial charge >= 0.3 is 6.09 Å². The van der Waals surface area contributed by atoms with Gasteiger partial charge in [0.1, 0.15) is 18.2 Å². The monoisotopic (exact) mass is 849 g/mol. The number of rotatable bonds is 12. The van der Waals surface area contributed by atoms with Crippen molar-refractivity contribution >= 4 is 29.5 Å². The SMILES string of the molecule is O=C(NC1CC(=O)N(Cc2cccc(-c3ccc([C@H]4O[C@@H](CN5CCC6(CC5)C(=O)NCN6c5ccccc5)C[C@@H](c5ccc(CO)cc5)O4)cc3)c2)C1=O)OCc1ccccc1. The summed E-state index contributed by atoms with van der Waals surface area (Å²) in [6, 6.07) is 42.0. The highest BCUT2D eigenvalue weighted by Crippen LogP contribution is 2.40. The molecule has 3 N–H and O–H groups in total. The minimum Gasteiger partial charge on any atom is -0.445 e. The highest BCUT2D eigenvalue weighted by Gasteiger charge is 2.50. The Bertz CT molecular complexity index is 2410. The first-order chi connectivity index (χ1) is 30.7. The summed E-state index contributed by atoms with van der Waals surface area (Å²) < 4.78 is 18.7. The van der Waals surface area contributed by atoms with Crippen molar-refractivity contribution in [2.45, 2.75) is 75.5 Å². The zero-order chi connectivity index (χ0) is 43.3. The molecule has 4 atom stereocenters. The fourth-order valence-corrected chi connectivity index (χ4v) is 9.19. The molecule has 0 bridgehead atoms. The molecule has 0 saturated carbocycles. The van der Waals surface area contributed by atoms with E-state index < -0.39 is 29.9 Å². The summed E-state index contributed by atoms with van der Waals surface area (Å²) >= 11 is 0. The zero-order valence-electron chi connectivity index (χ0n) is 34.9. The van der Waals surface area contributed by atoms with Crippen molar-refractivity contribution in [3.8, 4) is 11.1 Å². The van der Waals surface area contributed by atoms with E-state index in [0.29, 0.717) is 32.5 Å². The summed E-state index contributed by atoms with van der Waals surface area (Å²) in [5.41, 5.74) is 6.62. The summed E-state index contributed by atoms with van der Waals surface area (Å²) in [6.45, 7) is 2.80. The van der Waals surface area contributed by atoms with Gasteiger partial charge in [0.15, 0.2) is 6.29 Å². The van der Waals surface area contributed by atoms with Crippen molar-refractivity contribution in [2.75, 3.05) is 31.2 Å². The van der Waals surface area contributed by atoms with Crippen molar-refractivity contribution in [3.05, 3.63) is 161 Å². The molecular weight excluding hydrogens is 799 g/mol. The number of imide groups is 1. The largest absolute Gasteiger partial charge is 0.445 e. The maximum atomic E-state index is 13.3. The van der Waals surface area contributed by atoms with Gasteiger partial charge in [0.25, 0.3) is 5.91 Å². The first-order valence-corrected chi connectivity index (χ1v) is 21.6. The lowest BCUT2D eigenvalue weighted by Gasteiger charge is -2.45. The molecule has 5 aromatic carbocycles. The summed E-state index contributed by atoms with van der Waals surface area (Å²) in [7, 11) is 0. The van der Waals surface area contributed by atoms with Crippen molar-refractivity contribution in [2.24, 2.45) is 0 Å². The van der Waals surface area contributed by atoms with Gasteiger partial charge in [0, 0.05) is 37.3 Å². The van der Waals surface area contributed by atoms with Crippen LogP contribution in [0.4, 0.5) is 10.5 Å². The lowest BCUT2D eigenvalue weighted by molar-refractivity contribution is -0.253. The number of para-hydroxylation sites is 1. The van der Waals surface area contributed by atoms with Crippen LogP contribution in [0.1, 0.15) is 65.9 Å². The summed E-state index contributed by atoms with van der Waals surface area (Å²) in [4.78, 5) is 57.8. The molecule has 63 heavy (non-hydrogen) atoms.